The number of hydrogen-bond donors (Lipinski definition) is 2. The molecule has 124 valence electrons. The van der Waals surface area contributed by atoms with Crippen LogP contribution in [-0.2, 0) is 5.41 Å². The van der Waals surface area contributed by atoms with Crippen LogP contribution in [0, 0.1) is 0 Å². The molecule has 0 unspecified atom stereocenters. The highest BCUT2D eigenvalue weighted by Gasteiger charge is 2.69. The number of anilines is 2. The van der Waals surface area contributed by atoms with Gasteiger partial charge in [-0.25, -0.2) is 0 Å². The second-order valence-electron chi connectivity index (χ2n) is 4.99. The van der Waals surface area contributed by atoms with E-state index in [9.17, 15) is 17.6 Å². The molecule has 0 saturated carbocycles. The largest absolute Gasteiger partial charge is 0.399 e. The molecule has 0 fully saturated rings. The molecule has 23 heavy (non-hydrogen) atoms. The molecule has 0 amide bonds. The summed E-state index contributed by atoms with van der Waals surface area (Å²) in [6, 6.07) is 9.02. The van der Waals surface area contributed by atoms with Crippen LogP contribution in [0.5, 0.6) is 0 Å². The first-order valence-corrected chi connectivity index (χ1v) is 7.11. The zero-order valence-electron chi connectivity index (χ0n) is 11.5. The average Bonchev–Trinajstić information content (AvgIpc) is 2.40. The molecule has 2 nitrogen and oxygen atoms in total. The topological polar surface area (TPSA) is 52.0 Å². The van der Waals surface area contributed by atoms with Crippen LogP contribution >= 0.6 is 23.2 Å². The molecule has 0 aliphatic heterocycles. The fraction of sp³-hybridized carbons (Fsp3) is 0.200. The quantitative estimate of drug-likeness (QED) is 0.463. The first-order chi connectivity index (χ1) is 10.5. The summed E-state index contributed by atoms with van der Waals surface area (Å²) in [5, 5.41) is -8.80. The van der Waals surface area contributed by atoms with Gasteiger partial charge >= 0.3 is 10.8 Å². The van der Waals surface area contributed by atoms with Gasteiger partial charge in [0.15, 0.2) is 5.41 Å². The van der Waals surface area contributed by atoms with Crippen molar-refractivity contribution in [3.8, 4) is 0 Å². The average molecular weight is 367 g/mol. The Bertz CT molecular complexity index is 615. The molecule has 8 heteroatoms. The minimum atomic E-state index is -4.40. The van der Waals surface area contributed by atoms with E-state index >= 15 is 0 Å². The van der Waals surface area contributed by atoms with Crippen LogP contribution in [0.1, 0.15) is 11.1 Å². The molecule has 2 rings (SSSR count). The zero-order chi connectivity index (χ0) is 17.5. The van der Waals surface area contributed by atoms with Crippen molar-refractivity contribution in [1.82, 2.24) is 0 Å². The zero-order valence-corrected chi connectivity index (χ0v) is 13.1. The van der Waals surface area contributed by atoms with Gasteiger partial charge in [-0.1, -0.05) is 24.3 Å². The van der Waals surface area contributed by atoms with Gasteiger partial charge in [0.1, 0.15) is 0 Å². The van der Waals surface area contributed by atoms with Gasteiger partial charge in [0.25, 0.3) is 0 Å². The summed E-state index contributed by atoms with van der Waals surface area (Å²) in [5.41, 5.74) is 7.16. The number of benzene rings is 2. The minimum absolute atomic E-state index is 0.218. The predicted molar refractivity (Wildman–Crippen MR) is 84.1 cm³/mol. The van der Waals surface area contributed by atoms with E-state index in [2.05, 4.69) is 0 Å². The maximum absolute atomic E-state index is 14.2. The third kappa shape index (κ3) is 2.93. The number of nitrogens with two attached hydrogens (primary N) is 2. The fourth-order valence-electron chi connectivity index (χ4n) is 2.45. The smallest absolute Gasteiger partial charge is 0.342 e. The number of alkyl halides is 6. The normalized spacial score (nSPS) is 13.1. The summed E-state index contributed by atoms with van der Waals surface area (Å²) in [6.45, 7) is 0. The molecule has 0 atom stereocenters. The van der Waals surface area contributed by atoms with Gasteiger partial charge in [-0.15, -0.1) is 0 Å². The highest BCUT2D eigenvalue weighted by molar-refractivity contribution is 6.27. The molecule has 4 N–H and O–H groups in total. The van der Waals surface area contributed by atoms with Gasteiger partial charge in [0, 0.05) is 11.4 Å². The molecule has 0 aliphatic carbocycles. The Labute approximate surface area is 140 Å². The lowest BCUT2D eigenvalue weighted by molar-refractivity contribution is -0.0874. The van der Waals surface area contributed by atoms with Gasteiger partial charge in [0.2, 0.25) is 0 Å². The van der Waals surface area contributed by atoms with E-state index in [-0.39, 0.29) is 11.4 Å². The van der Waals surface area contributed by atoms with Crippen LogP contribution < -0.4 is 11.5 Å². The van der Waals surface area contributed by atoms with Gasteiger partial charge < -0.3 is 11.5 Å². The second-order valence-corrected chi connectivity index (χ2v) is 5.94. The summed E-state index contributed by atoms with van der Waals surface area (Å²) in [6.07, 6.45) is 0. The van der Waals surface area contributed by atoms with E-state index in [1.165, 1.54) is 24.3 Å². The van der Waals surface area contributed by atoms with Gasteiger partial charge in [-0.05, 0) is 58.6 Å². The van der Waals surface area contributed by atoms with Gasteiger partial charge in [-0.3, -0.25) is 0 Å². The van der Waals surface area contributed by atoms with E-state index in [1.807, 2.05) is 0 Å². The summed E-state index contributed by atoms with van der Waals surface area (Å²) >= 11 is 10.3. The van der Waals surface area contributed by atoms with Gasteiger partial charge in [-0.2, -0.15) is 17.6 Å². The predicted octanol–water partition coefficient (Wildman–Crippen LogP) is 4.80. The summed E-state index contributed by atoms with van der Waals surface area (Å²) in [4.78, 5) is 0. The van der Waals surface area contributed by atoms with Crippen molar-refractivity contribution in [3.05, 3.63) is 59.7 Å². The molecular formula is C15H12Cl2F4N2. The van der Waals surface area contributed by atoms with Crippen molar-refractivity contribution < 1.29 is 17.6 Å². The Balaban J connectivity index is 2.86. The van der Waals surface area contributed by atoms with Crippen LogP contribution in [-0.4, -0.2) is 10.8 Å². The first-order valence-electron chi connectivity index (χ1n) is 6.35. The molecule has 2 aromatic carbocycles. The SMILES string of the molecule is Nc1ccc(C(c2ccc(N)cc2)(C(F)(F)Cl)C(F)(F)Cl)cc1. The van der Waals surface area contributed by atoms with Crippen LogP contribution in [0.15, 0.2) is 48.5 Å². The third-order valence-corrected chi connectivity index (χ3v) is 4.10. The van der Waals surface area contributed by atoms with E-state index in [1.54, 1.807) is 0 Å². The molecule has 0 saturated heterocycles. The van der Waals surface area contributed by atoms with Crippen molar-refractivity contribution in [2.24, 2.45) is 0 Å². The second kappa shape index (κ2) is 5.76. The standard InChI is InChI=1S/C15H12Cl2F4N2/c16-14(18,19)13(15(17,20)21,9-1-5-11(22)6-2-9)10-3-7-12(23)8-4-10/h1-8H,22-23H2. The fourth-order valence-corrected chi connectivity index (χ4v) is 3.17. The number of rotatable bonds is 4. The van der Waals surface area contributed by atoms with E-state index in [0.717, 1.165) is 24.3 Å². The van der Waals surface area contributed by atoms with Crippen molar-refractivity contribution in [2.45, 2.75) is 16.2 Å². The molecule has 0 aliphatic rings. The minimum Gasteiger partial charge on any atom is -0.399 e. The van der Waals surface area contributed by atoms with E-state index in [0.29, 0.717) is 0 Å². The maximum atomic E-state index is 14.2. The number of halogens is 6. The lowest BCUT2D eigenvalue weighted by atomic mass is 9.74. The molecule has 0 heterocycles. The lowest BCUT2D eigenvalue weighted by Gasteiger charge is -2.40. The summed E-state index contributed by atoms with van der Waals surface area (Å²) in [5.74, 6) is 0. The van der Waals surface area contributed by atoms with Crippen molar-refractivity contribution >= 4 is 34.6 Å². The number of nitrogen functional groups attached to an aromatic ring is 2. The van der Waals surface area contributed by atoms with Crippen LogP contribution in [0.25, 0.3) is 0 Å². The summed E-state index contributed by atoms with van der Waals surface area (Å²) < 4.78 is 57.0. The van der Waals surface area contributed by atoms with Crippen molar-refractivity contribution in [3.63, 3.8) is 0 Å². The summed E-state index contributed by atoms with van der Waals surface area (Å²) in [7, 11) is 0. The Hall–Kier alpha value is -1.66. The Morgan fingerprint density at radius 2 is 0.870 bits per heavy atom. The van der Waals surface area contributed by atoms with Crippen LogP contribution in [0.3, 0.4) is 0 Å². The Morgan fingerprint density at radius 3 is 1.09 bits per heavy atom. The lowest BCUT2D eigenvalue weighted by Crippen LogP contribution is -2.53. The Kier molecular flexibility index (Phi) is 4.43. The highest BCUT2D eigenvalue weighted by Crippen LogP contribution is 2.58. The van der Waals surface area contributed by atoms with Crippen LogP contribution in [0.4, 0.5) is 28.9 Å². The molecule has 0 aromatic heterocycles. The van der Waals surface area contributed by atoms with Crippen molar-refractivity contribution in [2.75, 3.05) is 11.5 Å². The molecule has 0 spiro atoms. The third-order valence-electron chi connectivity index (χ3n) is 3.54. The molecular weight excluding hydrogens is 355 g/mol. The van der Waals surface area contributed by atoms with Crippen molar-refractivity contribution in [1.29, 1.82) is 0 Å². The first kappa shape index (κ1) is 17.7. The van der Waals surface area contributed by atoms with Crippen LogP contribution in [0.2, 0.25) is 0 Å². The van der Waals surface area contributed by atoms with E-state index in [4.69, 9.17) is 34.7 Å². The number of hydrogen-bond acceptors (Lipinski definition) is 2. The maximum Gasteiger partial charge on any atom is 0.342 e. The molecule has 0 radical (unpaired) electrons. The monoisotopic (exact) mass is 366 g/mol. The van der Waals surface area contributed by atoms with Gasteiger partial charge in [0.05, 0.1) is 0 Å². The highest BCUT2D eigenvalue weighted by atomic mass is 35.5. The molecule has 0 bridgehead atoms. The van der Waals surface area contributed by atoms with E-state index < -0.39 is 27.3 Å². The molecule has 2 aromatic rings. The Morgan fingerprint density at radius 1 is 0.609 bits per heavy atom.